The minimum absolute atomic E-state index is 1.10. The number of H-pyrrole nitrogens is 1. The Morgan fingerprint density at radius 3 is 2.57 bits per heavy atom. The van der Waals surface area contributed by atoms with Gasteiger partial charge in [-0.15, -0.1) is 0 Å². The van der Waals surface area contributed by atoms with Gasteiger partial charge in [0.25, 0.3) is 0 Å². The van der Waals surface area contributed by atoms with Crippen LogP contribution in [0.15, 0.2) is 24.4 Å². The largest absolute Gasteiger partial charge is 0.361 e. The monoisotopic (exact) mass is 189 g/mol. The highest BCUT2D eigenvalue weighted by atomic mass is 14.7. The fraction of sp³-hybridized carbons (Fsp3) is 0.385. The number of nitrogens with one attached hydrogen (secondary N) is 1. The summed E-state index contributed by atoms with van der Waals surface area (Å²) < 4.78 is 0. The van der Waals surface area contributed by atoms with Gasteiger partial charge in [0, 0.05) is 17.1 Å². The summed E-state index contributed by atoms with van der Waals surface area (Å²) in [5.41, 5.74) is 3.99. The molecule has 0 aliphatic heterocycles. The number of hydrogen-bond acceptors (Lipinski definition) is 0. The van der Waals surface area contributed by atoms with Gasteiger partial charge in [-0.3, -0.25) is 0 Å². The molecule has 0 fully saturated rings. The van der Waals surface area contributed by atoms with Gasteiger partial charge in [0.05, 0.1) is 0 Å². The highest BCUT2D eigenvalue weighted by Gasteiger charge is 2.00. The Morgan fingerprint density at radius 1 is 1.21 bits per heavy atom. The molecule has 0 aliphatic rings. The van der Waals surface area contributed by atoms with E-state index in [9.17, 15) is 0 Å². The van der Waals surface area contributed by atoms with Crippen LogP contribution >= 0.6 is 0 Å². The molecule has 76 valence electrons. The van der Waals surface area contributed by atoms with E-state index in [1.54, 1.807) is 0 Å². The third kappa shape index (κ3) is 1.98. The predicted octanol–water partition coefficient (Wildman–Crippen LogP) is 4.06. The first-order chi connectivity index (χ1) is 6.81. The molecule has 14 heavy (non-hydrogen) atoms. The first kappa shape index (κ1) is 10.8. The zero-order valence-corrected chi connectivity index (χ0v) is 9.52. The second kappa shape index (κ2) is 4.85. The van der Waals surface area contributed by atoms with E-state index < -0.39 is 0 Å². The first-order valence-corrected chi connectivity index (χ1v) is 5.38. The summed E-state index contributed by atoms with van der Waals surface area (Å²) in [4.78, 5) is 3.27. The minimum Gasteiger partial charge on any atom is -0.361 e. The smallest absolute Gasteiger partial charge is 0.0456 e. The normalized spacial score (nSPS) is 9.71. The summed E-state index contributed by atoms with van der Waals surface area (Å²) in [5.74, 6) is 0. The van der Waals surface area contributed by atoms with Gasteiger partial charge in [-0.2, -0.15) is 0 Å². The van der Waals surface area contributed by atoms with Crippen LogP contribution < -0.4 is 0 Å². The molecule has 0 radical (unpaired) electrons. The standard InChI is InChI=1S/C11H13N.C2H6/c1-3-9-7-12-11-5-4-8(2)6-10(9)11;1-2/h4-7,12H,3H2,1-2H3;1-2H3. The van der Waals surface area contributed by atoms with E-state index in [0.717, 1.165) is 6.42 Å². The molecule has 1 heterocycles. The molecule has 1 nitrogen and oxygen atoms in total. The molecule has 0 unspecified atom stereocenters. The number of fused-ring (bicyclic) bond motifs is 1. The zero-order chi connectivity index (χ0) is 10.6. The third-order valence-corrected chi connectivity index (χ3v) is 2.30. The van der Waals surface area contributed by atoms with E-state index in [1.807, 2.05) is 13.8 Å². The molecule has 1 aromatic heterocycles. The van der Waals surface area contributed by atoms with Crippen LogP contribution in [0.5, 0.6) is 0 Å². The Balaban J connectivity index is 0.000000461. The summed E-state index contributed by atoms with van der Waals surface area (Å²) in [6, 6.07) is 6.52. The van der Waals surface area contributed by atoms with E-state index >= 15 is 0 Å². The number of aromatic nitrogens is 1. The molecule has 0 aliphatic carbocycles. The van der Waals surface area contributed by atoms with Gasteiger partial charge in [-0.25, -0.2) is 0 Å². The SMILES string of the molecule is CC.CCc1c[nH]c2ccc(C)cc12. The van der Waals surface area contributed by atoms with Gasteiger partial charge in [-0.1, -0.05) is 32.4 Å². The minimum atomic E-state index is 1.10. The molecule has 0 amide bonds. The van der Waals surface area contributed by atoms with Gasteiger partial charge in [-0.05, 0) is 31.0 Å². The van der Waals surface area contributed by atoms with E-state index in [2.05, 4.69) is 43.2 Å². The number of aromatic amines is 1. The van der Waals surface area contributed by atoms with Gasteiger partial charge in [0.2, 0.25) is 0 Å². The van der Waals surface area contributed by atoms with E-state index in [1.165, 1.54) is 22.0 Å². The van der Waals surface area contributed by atoms with Crippen LogP contribution in [0.3, 0.4) is 0 Å². The quantitative estimate of drug-likeness (QED) is 0.696. The Labute approximate surface area is 86.2 Å². The maximum Gasteiger partial charge on any atom is 0.0456 e. The van der Waals surface area contributed by atoms with Crippen LogP contribution in [0, 0.1) is 6.92 Å². The Bertz CT molecular complexity index is 399. The third-order valence-electron chi connectivity index (χ3n) is 2.30. The maximum absolute atomic E-state index is 3.27. The molecule has 0 saturated carbocycles. The lowest BCUT2D eigenvalue weighted by molar-refractivity contribution is 1.15. The average Bonchev–Trinajstić information content (AvgIpc) is 2.63. The summed E-state index contributed by atoms with van der Waals surface area (Å²) in [5, 5.41) is 1.37. The summed E-state index contributed by atoms with van der Waals surface area (Å²) in [6.07, 6.45) is 3.20. The molecule has 1 aromatic carbocycles. The van der Waals surface area contributed by atoms with Crippen LogP contribution in [0.2, 0.25) is 0 Å². The Kier molecular flexibility index (Phi) is 3.75. The van der Waals surface area contributed by atoms with Gasteiger partial charge in [0.1, 0.15) is 0 Å². The van der Waals surface area contributed by atoms with Crippen molar-refractivity contribution in [1.29, 1.82) is 0 Å². The summed E-state index contributed by atoms with van der Waals surface area (Å²) in [6.45, 7) is 8.32. The Morgan fingerprint density at radius 2 is 1.93 bits per heavy atom. The molecule has 1 N–H and O–H groups in total. The lowest BCUT2D eigenvalue weighted by atomic mass is 10.1. The zero-order valence-electron chi connectivity index (χ0n) is 9.52. The van der Waals surface area contributed by atoms with E-state index in [0.29, 0.717) is 0 Å². The van der Waals surface area contributed by atoms with Crippen molar-refractivity contribution in [2.24, 2.45) is 0 Å². The molecule has 0 saturated heterocycles. The molecule has 2 rings (SSSR count). The summed E-state index contributed by atoms with van der Waals surface area (Å²) in [7, 11) is 0. The van der Waals surface area contributed by atoms with Crippen molar-refractivity contribution in [2.45, 2.75) is 34.1 Å². The highest BCUT2D eigenvalue weighted by molar-refractivity contribution is 5.83. The van der Waals surface area contributed by atoms with Crippen molar-refractivity contribution in [3.63, 3.8) is 0 Å². The molecule has 1 heteroatoms. The van der Waals surface area contributed by atoms with E-state index in [4.69, 9.17) is 0 Å². The van der Waals surface area contributed by atoms with Gasteiger partial charge in [0.15, 0.2) is 0 Å². The number of benzene rings is 1. The van der Waals surface area contributed by atoms with Gasteiger partial charge >= 0.3 is 0 Å². The number of aryl methyl sites for hydroxylation is 2. The van der Waals surface area contributed by atoms with Crippen molar-refractivity contribution < 1.29 is 0 Å². The highest BCUT2D eigenvalue weighted by Crippen LogP contribution is 2.19. The Hall–Kier alpha value is -1.24. The predicted molar refractivity (Wildman–Crippen MR) is 63.8 cm³/mol. The average molecular weight is 189 g/mol. The molecule has 0 bridgehead atoms. The fourth-order valence-electron chi connectivity index (χ4n) is 1.58. The second-order valence-electron chi connectivity index (χ2n) is 3.22. The van der Waals surface area contributed by atoms with Crippen molar-refractivity contribution in [1.82, 2.24) is 4.98 Å². The van der Waals surface area contributed by atoms with E-state index in [-0.39, 0.29) is 0 Å². The number of hydrogen-bond donors (Lipinski definition) is 1. The molecule has 2 aromatic rings. The second-order valence-corrected chi connectivity index (χ2v) is 3.22. The lowest BCUT2D eigenvalue weighted by Crippen LogP contribution is -1.76. The molecule has 0 spiro atoms. The van der Waals surface area contributed by atoms with Crippen LogP contribution in [0.25, 0.3) is 10.9 Å². The maximum atomic E-state index is 3.27. The molecular formula is C13H19N. The van der Waals surface area contributed by atoms with Crippen LogP contribution in [0.4, 0.5) is 0 Å². The van der Waals surface area contributed by atoms with Crippen LogP contribution in [-0.2, 0) is 6.42 Å². The van der Waals surface area contributed by atoms with Crippen molar-refractivity contribution in [3.8, 4) is 0 Å². The lowest BCUT2D eigenvalue weighted by Gasteiger charge is -1.95. The van der Waals surface area contributed by atoms with Crippen molar-refractivity contribution >= 4 is 10.9 Å². The molecular weight excluding hydrogens is 170 g/mol. The van der Waals surface area contributed by atoms with Gasteiger partial charge < -0.3 is 4.98 Å². The number of rotatable bonds is 1. The first-order valence-electron chi connectivity index (χ1n) is 5.38. The topological polar surface area (TPSA) is 15.8 Å². The summed E-state index contributed by atoms with van der Waals surface area (Å²) >= 11 is 0. The van der Waals surface area contributed by atoms with Crippen LogP contribution in [-0.4, -0.2) is 4.98 Å². The van der Waals surface area contributed by atoms with Crippen molar-refractivity contribution in [2.75, 3.05) is 0 Å². The van der Waals surface area contributed by atoms with Crippen LogP contribution in [0.1, 0.15) is 31.9 Å². The molecule has 0 atom stereocenters. The fourth-order valence-corrected chi connectivity index (χ4v) is 1.58. The van der Waals surface area contributed by atoms with Crippen molar-refractivity contribution in [3.05, 3.63) is 35.5 Å².